The summed E-state index contributed by atoms with van der Waals surface area (Å²) in [7, 11) is -2.81. The van der Waals surface area contributed by atoms with E-state index in [2.05, 4.69) is 14.6 Å². The minimum Gasteiger partial charge on any atom is -0.493 e. The molecule has 0 unspecified atom stereocenters. The molecule has 184 valence electrons. The van der Waals surface area contributed by atoms with E-state index in [1.54, 1.807) is 12.1 Å². The maximum absolute atomic E-state index is 13.3. The number of rotatable bonds is 8. The van der Waals surface area contributed by atoms with E-state index in [1.807, 2.05) is 0 Å². The lowest BCUT2D eigenvalue weighted by Crippen LogP contribution is -2.14. The lowest BCUT2D eigenvalue weighted by Gasteiger charge is -2.17. The molecular weight excluding hydrogens is 529 g/mol. The van der Waals surface area contributed by atoms with Gasteiger partial charge in [0.05, 0.1) is 18.6 Å². The molecule has 0 atom stereocenters. The first-order valence-electron chi connectivity index (χ1n) is 10.2. The fourth-order valence-electron chi connectivity index (χ4n) is 3.50. The van der Waals surface area contributed by atoms with Crippen molar-refractivity contribution in [3.8, 4) is 17.2 Å². The van der Waals surface area contributed by atoms with Gasteiger partial charge in [-0.15, -0.1) is 0 Å². The van der Waals surface area contributed by atoms with E-state index in [1.165, 1.54) is 49.6 Å². The molecule has 4 rings (SSSR count). The third kappa shape index (κ3) is 5.18. The zero-order valence-electron chi connectivity index (χ0n) is 18.5. The largest absolute Gasteiger partial charge is 0.493 e. The molecule has 12 heteroatoms. The number of carbonyl (C=O) groups is 1. The molecule has 4 aromatic rings. The van der Waals surface area contributed by atoms with Crippen LogP contribution in [0.15, 0.2) is 59.5 Å². The molecule has 0 amide bonds. The molecule has 0 saturated carbocycles. The molecule has 0 spiro atoms. The van der Waals surface area contributed by atoms with Crippen molar-refractivity contribution in [1.29, 1.82) is 0 Å². The second-order valence-electron chi connectivity index (χ2n) is 7.50. The van der Waals surface area contributed by atoms with Crippen LogP contribution in [-0.4, -0.2) is 31.6 Å². The maximum atomic E-state index is 13.3. The van der Waals surface area contributed by atoms with Gasteiger partial charge in [-0.1, -0.05) is 35.8 Å². The van der Waals surface area contributed by atoms with Gasteiger partial charge < -0.3 is 24.4 Å². The van der Waals surface area contributed by atoms with Gasteiger partial charge in [-0.3, -0.25) is 9.52 Å². The number of methoxy groups -OCH3 is 1. The number of aromatic amines is 1. The number of nitrogens with zero attached hydrogens (tertiary/aromatic N) is 1. The Labute approximate surface area is 216 Å². The highest BCUT2D eigenvalue weighted by molar-refractivity contribution is 7.92. The summed E-state index contributed by atoms with van der Waals surface area (Å²) in [6, 6.07) is 13.3. The normalized spacial score (nSPS) is 11.2. The zero-order valence-corrected chi connectivity index (χ0v) is 20.8. The number of nitrogens with one attached hydrogen (secondary N) is 2. The van der Waals surface area contributed by atoms with Crippen molar-refractivity contribution in [3.63, 3.8) is 0 Å². The van der Waals surface area contributed by atoms with Crippen LogP contribution >= 0.6 is 23.2 Å². The Bertz CT molecular complexity index is 1640. The number of fused-ring (bicyclic) bond motifs is 1. The number of anilines is 1. The van der Waals surface area contributed by atoms with Gasteiger partial charge in [0.25, 0.3) is 10.0 Å². The summed E-state index contributed by atoms with van der Waals surface area (Å²) in [5.74, 6) is -0.230. The van der Waals surface area contributed by atoms with Gasteiger partial charge >= 0.3 is 5.97 Å². The number of carboxylic acid groups (broad SMARTS) is 1. The standard InChI is InChI=1S/C24H17Cl2N3O6S/c1-27-22-12-15-17(28-22)5-7-19(35-18-6-3-13(10-23(30)31)9-20(18)34-2)24(15)29-36(32,33)21-8-4-14(25)11-16(21)26/h3-9,11-12,28-29H,10H2,2H3,(H,30,31). The van der Waals surface area contributed by atoms with Crippen molar-refractivity contribution in [3.05, 3.63) is 81.6 Å². The smallest absolute Gasteiger partial charge is 0.307 e. The highest BCUT2D eigenvalue weighted by Crippen LogP contribution is 2.42. The minimum atomic E-state index is -4.21. The van der Waals surface area contributed by atoms with Gasteiger partial charge in [0.2, 0.25) is 5.82 Å². The first-order chi connectivity index (χ1) is 17.1. The summed E-state index contributed by atoms with van der Waals surface area (Å²) >= 11 is 12.1. The number of benzene rings is 3. The molecule has 0 fully saturated rings. The van der Waals surface area contributed by atoms with Crippen LogP contribution in [0.3, 0.4) is 0 Å². The molecule has 1 heterocycles. The average Bonchev–Trinajstić information content (AvgIpc) is 3.24. The summed E-state index contributed by atoms with van der Waals surface area (Å²) in [4.78, 5) is 17.1. The number of halogens is 2. The number of hydrogen-bond donors (Lipinski definition) is 3. The zero-order chi connectivity index (χ0) is 26.0. The summed E-state index contributed by atoms with van der Waals surface area (Å²) in [5, 5.41) is 9.64. The number of ether oxygens (including phenoxy) is 2. The number of aromatic nitrogens is 1. The first-order valence-corrected chi connectivity index (χ1v) is 12.4. The van der Waals surface area contributed by atoms with E-state index in [0.29, 0.717) is 16.5 Å². The Morgan fingerprint density at radius 3 is 2.50 bits per heavy atom. The topological polar surface area (TPSA) is 122 Å². The highest BCUT2D eigenvalue weighted by Gasteiger charge is 2.24. The van der Waals surface area contributed by atoms with E-state index in [-0.39, 0.29) is 50.1 Å². The summed E-state index contributed by atoms with van der Waals surface area (Å²) in [6.07, 6.45) is -0.210. The fraction of sp³-hybridized carbons (Fsp3) is 0.0833. The molecule has 36 heavy (non-hydrogen) atoms. The van der Waals surface area contributed by atoms with Gasteiger partial charge in [0, 0.05) is 10.4 Å². The van der Waals surface area contributed by atoms with Gasteiger partial charge in [-0.05, 0) is 54.1 Å². The third-order valence-corrected chi connectivity index (χ3v) is 7.16. The van der Waals surface area contributed by atoms with Crippen LogP contribution in [0.4, 0.5) is 11.5 Å². The van der Waals surface area contributed by atoms with Crippen LogP contribution in [0.5, 0.6) is 17.2 Å². The van der Waals surface area contributed by atoms with E-state index in [4.69, 9.17) is 44.4 Å². The van der Waals surface area contributed by atoms with Crippen LogP contribution in [0.1, 0.15) is 5.56 Å². The van der Waals surface area contributed by atoms with E-state index < -0.39 is 16.0 Å². The number of aliphatic carboxylic acids is 1. The predicted octanol–water partition coefficient (Wildman–Crippen LogP) is 6.25. The Kier molecular flexibility index (Phi) is 6.99. The quantitative estimate of drug-likeness (QED) is 0.225. The van der Waals surface area contributed by atoms with Gasteiger partial charge in [-0.2, -0.15) is 0 Å². The molecule has 1 aromatic heterocycles. The van der Waals surface area contributed by atoms with Crippen molar-refractivity contribution < 1.29 is 27.8 Å². The van der Waals surface area contributed by atoms with Crippen LogP contribution in [-0.2, 0) is 21.2 Å². The second kappa shape index (κ2) is 9.99. The van der Waals surface area contributed by atoms with Gasteiger partial charge in [0.1, 0.15) is 16.1 Å². The van der Waals surface area contributed by atoms with E-state index in [9.17, 15) is 13.2 Å². The molecule has 0 aliphatic carbocycles. The highest BCUT2D eigenvalue weighted by atomic mass is 35.5. The predicted molar refractivity (Wildman–Crippen MR) is 136 cm³/mol. The number of hydrogen-bond acceptors (Lipinski definition) is 5. The molecule has 0 radical (unpaired) electrons. The molecule has 3 aromatic carbocycles. The van der Waals surface area contributed by atoms with Crippen LogP contribution in [0.2, 0.25) is 10.0 Å². The Morgan fingerprint density at radius 1 is 1.08 bits per heavy atom. The number of H-pyrrole nitrogens is 1. The lowest BCUT2D eigenvalue weighted by molar-refractivity contribution is -0.136. The number of carboxylic acids is 1. The summed E-state index contributed by atoms with van der Waals surface area (Å²) in [6.45, 7) is 7.30. The SMILES string of the molecule is [C-]#[N+]c1cc2c(NS(=O)(=O)c3ccc(Cl)cc3Cl)c(Oc3ccc(CC(=O)O)cc3OC)ccc2[nH]1. The van der Waals surface area contributed by atoms with Crippen LogP contribution < -0.4 is 14.2 Å². The van der Waals surface area contributed by atoms with Crippen molar-refractivity contribution >= 4 is 61.6 Å². The minimum absolute atomic E-state index is 0.0568. The lowest BCUT2D eigenvalue weighted by atomic mass is 10.1. The van der Waals surface area contributed by atoms with Crippen molar-refractivity contribution in [1.82, 2.24) is 4.98 Å². The number of sulfonamides is 1. The molecule has 9 nitrogen and oxygen atoms in total. The van der Waals surface area contributed by atoms with Crippen molar-refractivity contribution in [2.75, 3.05) is 11.8 Å². The molecule has 0 saturated heterocycles. The monoisotopic (exact) mass is 545 g/mol. The maximum Gasteiger partial charge on any atom is 0.307 e. The molecule has 3 N–H and O–H groups in total. The van der Waals surface area contributed by atoms with E-state index >= 15 is 0 Å². The Morgan fingerprint density at radius 2 is 1.83 bits per heavy atom. The molecule has 0 bridgehead atoms. The van der Waals surface area contributed by atoms with Crippen molar-refractivity contribution in [2.24, 2.45) is 0 Å². The van der Waals surface area contributed by atoms with E-state index in [0.717, 1.165) is 0 Å². The van der Waals surface area contributed by atoms with Crippen LogP contribution in [0.25, 0.3) is 15.7 Å². The van der Waals surface area contributed by atoms with Crippen LogP contribution in [0, 0.1) is 6.57 Å². The molecule has 0 aliphatic heterocycles. The summed E-state index contributed by atoms with van der Waals surface area (Å²) < 4.78 is 40.5. The van der Waals surface area contributed by atoms with Crippen molar-refractivity contribution in [2.45, 2.75) is 11.3 Å². The van der Waals surface area contributed by atoms with Gasteiger partial charge in [-0.25, -0.2) is 8.42 Å². The summed E-state index contributed by atoms with van der Waals surface area (Å²) in [5.41, 5.74) is 1.05. The van der Waals surface area contributed by atoms with Gasteiger partial charge in [0.15, 0.2) is 17.2 Å². The molecule has 0 aliphatic rings. The average molecular weight is 546 g/mol. The first kappa shape index (κ1) is 25.2. The fourth-order valence-corrected chi connectivity index (χ4v) is 5.37. The second-order valence-corrected chi connectivity index (χ2v) is 10.00. The molecular formula is C24H17Cl2N3O6S. The Balaban J connectivity index is 1.82. The Hall–Kier alpha value is -3.91. The third-order valence-electron chi connectivity index (χ3n) is 5.09.